The minimum Gasteiger partial charge on any atom is -0.308 e. The van der Waals surface area contributed by atoms with Crippen LogP contribution >= 0.6 is 15.9 Å². The molecule has 82 valence electrons. The fourth-order valence-corrected chi connectivity index (χ4v) is 2.02. The molecule has 0 bridgehead atoms. The smallest absolute Gasteiger partial charge is 0.182 e. The van der Waals surface area contributed by atoms with Crippen molar-refractivity contribution in [3.05, 3.63) is 28.6 Å². The average Bonchev–Trinajstić information content (AvgIpc) is 2.74. The van der Waals surface area contributed by atoms with Gasteiger partial charge in [-0.1, -0.05) is 0 Å². The lowest BCUT2D eigenvalue weighted by Crippen LogP contribution is -2.28. The average molecular weight is 280 g/mol. The van der Waals surface area contributed by atoms with Crippen LogP contribution in [-0.4, -0.2) is 26.3 Å². The summed E-state index contributed by atoms with van der Waals surface area (Å²) in [4.78, 5) is 4.34. The van der Waals surface area contributed by atoms with Crippen molar-refractivity contribution in [3.8, 4) is 11.5 Å². The van der Waals surface area contributed by atoms with Gasteiger partial charge in [-0.2, -0.15) is 0 Å². The Morgan fingerprint density at radius 3 is 3.06 bits per heavy atom. The molecule has 1 N–H and O–H groups in total. The molecule has 0 unspecified atom stereocenters. The first-order chi connectivity index (χ1) is 7.84. The number of hydrogen-bond acceptors (Lipinski definition) is 4. The Balaban J connectivity index is 2.06. The minimum atomic E-state index is 0.781. The van der Waals surface area contributed by atoms with Crippen molar-refractivity contribution in [2.24, 2.45) is 0 Å². The number of aromatic nitrogens is 4. The summed E-state index contributed by atoms with van der Waals surface area (Å²) in [5, 5.41) is 11.6. The van der Waals surface area contributed by atoms with Crippen molar-refractivity contribution in [2.45, 2.75) is 13.1 Å². The van der Waals surface area contributed by atoms with E-state index in [1.54, 1.807) is 6.20 Å². The van der Waals surface area contributed by atoms with Gasteiger partial charge in [-0.05, 0) is 28.1 Å². The molecule has 0 radical (unpaired) electrons. The van der Waals surface area contributed by atoms with Crippen LogP contribution in [0.4, 0.5) is 0 Å². The van der Waals surface area contributed by atoms with Gasteiger partial charge in [-0.25, -0.2) is 0 Å². The Labute approximate surface area is 101 Å². The third-order valence-corrected chi connectivity index (χ3v) is 3.05. The molecular weight excluding hydrogens is 270 g/mol. The van der Waals surface area contributed by atoms with Crippen LogP contribution < -0.4 is 5.32 Å². The Kier molecular flexibility index (Phi) is 2.45. The quantitative estimate of drug-likeness (QED) is 0.853. The second-order valence-electron chi connectivity index (χ2n) is 3.63. The molecule has 0 aromatic carbocycles. The zero-order valence-electron chi connectivity index (χ0n) is 8.52. The molecule has 3 rings (SSSR count). The number of pyridine rings is 1. The summed E-state index contributed by atoms with van der Waals surface area (Å²) in [7, 11) is 0. The van der Waals surface area contributed by atoms with Crippen LogP contribution in [0.2, 0.25) is 0 Å². The van der Waals surface area contributed by atoms with E-state index in [1.807, 2.05) is 12.1 Å². The second-order valence-corrected chi connectivity index (χ2v) is 4.55. The standard InChI is InChI=1S/C10H10BrN5/c11-7-1-2-8(13-5-7)10-15-14-9-6-12-3-4-16(9)10/h1-2,5,12H,3-4,6H2. The fourth-order valence-electron chi connectivity index (χ4n) is 1.79. The third-order valence-electron chi connectivity index (χ3n) is 2.58. The van der Waals surface area contributed by atoms with Gasteiger partial charge in [0.15, 0.2) is 5.82 Å². The summed E-state index contributed by atoms with van der Waals surface area (Å²) in [6.07, 6.45) is 1.78. The first-order valence-electron chi connectivity index (χ1n) is 5.09. The van der Waals surface area contributed by atoms with Crippen LogP contribution in [0.1, 0.15) is 5.82 Å². The molecule has 2 aromatic rings. The van der Waals surface area contributed by atoms with E-state index in [2.05, 4.69) is 41.0 Å². The second kappa shape index (κ2) is 3.95. The normalized spacial score (nSPS) is 14.8. The van der Waals surface area contributed by atoms with E-state index in [0.29, 0.717) is 0 Å². The molecular formula is C10H10BrN5. The Hall–Kier alpha value is -1.27. The number of nitrogens with zero attached hydrogens (tertiary/aromatic N) is 4. The molecule has 5 nitrogen and oxygen atoms in total. The summed E-state index contributed by atoms with van der Waals surface area (Å²) in [5.41, 5.74) is 0.865. The predicted octanol–water partition coefficient (Wildman–Crippen LogP) is 1.21. The van der Waals surface area contributed by atoms with E-state index >= 15 is 0 Å². The molecule has 0 amide bonds. The van der Waals surface area contributed by atoms with Crippen LogP contribution in [0.3, 0.4) is 0 Å². The predicted molar refractivity (Wildman–Crippen MR) is 62.7 cm³/mol. The summed E-state index contributed by atoms with van der Waals surface area (Å²) < 4.78 is 3.09. The maximum atomic E-state index is 4.34. The summed E-state index contributed by atoms with van der Waals surface area (Å²) in [6.45, 7) is 2.63. The number of hydrogen-bond donors (Lipinski definition) is 1. The highest BCUT2D eigenvalue weighted by molar-refractivity contribution is 9.10. The molecule has 2 aromatic heterocycles. The van der Waals surface area contributed by atoms with E-state index in [-0.39, 0.29) is 0 Å². The van der Waals surface area contributed by atoms with Gasteiger partial charge in [0.2, 0.25) is 0 Å². The van der Waals surface area contributed by atoms with E-state index in [4.69, 9.17) is 0 Å². The van der Waals surface area contributed by atoms with Crippen molar-refractivity contribution < 1.29 is 0 Å². The lowest BCUT2D eigenvalue weighted by molar-refractivity contribution is 0.508. The zero-order valence-corrected chi connectivity index (χ0v) is 10.1. The Morgan fingerprint density at radius 2 is 2.25 bits per heavy atom. The van der Waals surface area contributed by atoms with Gasteiger partial charge in [0, 0.05) is 23.8 Å². The molecule has 16 heavy (non-hydrogen) atoms. The van der Waals surface area contributed by atoms with Gasteiger partial charge in [-0.3, -0.25) is 4.98 Å². The van der Waals surface area contributed by atoms with E-state index < -0.39 is 0 Å². The highest BCUT2D eigenvalue weighted by Crippen LogP contribution is 2.19. The Bertz CT molecular complexity index is 504. The molecule has 0 aliphatic carbocycles. The van der Waals surface area contributed by atoms with Gasteiger partial charge in [0.05, 0.1) is 6.54 Å². The lowest BCUT2D eigenvalue weighted by atomic mass is 10.3. The number of nitrogens with one attached hydrogen (secondary N) is 1. The summed E-state index contributed by atoms with van der Waals surface area (Å²) in [6, 6.07) is 3.91. The fraction of sp³-hybridized carbons (Fsp3) is 0.300. The van der Waals surface area contributed by atoms with Crippen LogP contribution in [0.25, 0.3) is 11.5 Å². The van der Waals surface area contributed by atoms with Crippen molar-refractivity contribution in [1.29, 1.82) is 0 Å². The van der Waals surface area contributed by atoms with Crippen LogP contribution in [0.15, 0.2) is 22.8 Å². The third kappa shape index (κ3) is 1.64. The van der Waals surface area contributed by atoms with Crippen LogP contribution in [0, 0.1) is 0 Å². The van der Waals surface area contributed by atoms with Crippen molar-refractivity contribution in [2.75, 3.05) is 6.54 Å². The summed E-state index contributed by atoms with van der Waals surface area (Å²) >= 11 is 3.37. The van der Waals surface area contributed by atoms with E-state index in [0.717, 1.165) is 41.4 Å². The van der Waals surface area contributed by atoms with E-state index in [9.17, 15) is 0 Å². The topological polar surface area (TPSA) is 55.6 Å². The molecule has 0 saturated heterocycles. The summed E-state index contributed by atoms with van der Waals surface area (Å²) in [5.74, 6) is 1.83. The molecule has 3 heterocycles. The lowest BCUT2D eigenvalue weighted by Gasteiger charge is -2.15. The monoisotopic (exact) mass is 279 g/mol. The van der Waals surface area contributed by atoms with Crippen LogP contribution in [-0.2, 0) is 13.1 Å². The molecule has 0 spiro atoms. The first kappa shape index (κ1) is 9.92. The molecule has 6 heteroatoms. The van der Waals surface area contributed by atoms with Crippen molar-refractivity contribution in [3.63, 3.8) is 0 Å². The van der Waals surface area contributed by atoms with Crippen molar-refractivity contribution >= 4 is 15.9 Å². The molecule has 0 saturated carbocycles. The molecule has 1 aliphatic heterocycles. The SMILES string of the molecule is Brc1ccc(-c2nnc3n2CCNC3)nc1. The Morgan fingerprint density at radius 1 is 1.31 bits per heavy atom. The maximum Gasteiger partial charge on any atom is 0.182 e. The number of fused-ring (bicyclic) bond motifs is 1. The number of rotatable bonds is 1. The van der Waals surface area contributed by atoms with Crippen LogP contribution in [0.5, 0.6) is 0 Å². The van der Waals surface area contributed by atoms with Gasteiger partial charge in [0.1, 0.15) is 11.5 Å². The number of halogens is 1. The highest BCUT2D eigenvalue weighted by atomic mass is 79.9. The first-order valence-corrected chi connectivity index (χ1v) is 5.88. The van der Waals surface area contributed by atoms with Gasteiger partial charge >= 0.3 is 0 Å². The molecule has 0 fully saturated rings. The highest BCUT2D eigenvalue weighted by Gasteiger charge is 2.16. The molecule has 0 atom stereocenters. The van der Waals surface area contributed by atoms with E-state index in [1.165, 1.54) is 0 Å². The zero-order chi connectivity index (χ0) is 11.0. The van der Waals surface area contributed by atoms with Crippen molar-refractivity contribution in [1.82, 2.24) is 25.1 Å². The van der Waals surface area contributed by atoms with Gasteiger partial charge in [-0.15, -0.1) is 10.2 Å². The minimum absolute atomic E-state index is 0.781. The van der Waals surface area contributed by atoms with Gasteiger partial charge in [0.25, 0.3) is 0 Å². The largest absolute Gasteiger partial charge is 0.308 e. The van der Waals surface area contributed by atoms with Gasteiger partial charge < -0.3 is 9.88 Å². The molecule has 1 aliphatic rings. The maximum absolute atomic E-state index is 4.34.